The Bertz CT molecular complexity index is 736. The number of methoxy groups -OCH3 is 1. The van der Waals surface area contributed by atoms with Gasteiger partial charge in [0, 0.05) is 13.1 Å². The number of aromatic nitrogens is 2. The molecule has 1 aromatic heterocycles. The Balaban J connectivity index is 1.95. The number of fused-ring (bicyclic) bond motifs is 1. The van der Waals surface area contributed by atoms with Crippen molar-refractivity contribution in [2.75, 3.05) is 18.6 Å². The summed E-state index contributed by atoms with van der Waals surface area (Å²) in [5.74, 6) is 0.806. The predicted octanol–water partition coefficient (Wildman–Crippen LogP) is 3.72. The number of rotatable bonds is 2. The highest BCUT2D eigenvalue weighted by Crippen LogP contribution is 2.36. The van der Waals surface area contributed by atoms with Crippen molar-refractivity contribution in [3.63, 3.8) is 0 Å². The lowest BCUT2D eigenvalue weighted by Crippen LogP contribution is -2.31. The minimum atomic E-state index is -4.35. The Morgan fingerprint density at radius 2 is 2.00 bits per heavy atom. The van der Waals surface area contributed by atoms with Crippen molar-refractivity contribution in [1.29, 1.82) is 0 Å². The Labute approximate surface area is 135 Å². The van der Waals surface area contributed by atoms with Crippen LogP contribution < -0.4 is 9.64 Å². The largest absolute Gasteiger partial charge is 0.490 e. The summed E-state index contributed by atoms with van der Waals surface area (Å²) in [5.41, 5.74) is 0.891. The lowest BCUT2D eigenvalue weighted by atomic mass is 9.97. The molecule has 122 valence electrons. The van der Waals surface area contributed by atoms with Crippen LogP contribution in [0.15, 0.2) is 24.5 Å². The summed E-state index contributed by atoms with van der Waals surface area (Å²) >= 11 is 5.98. The van der Waals surface area contributed by atoms with Crippen molar-refractivity contribution in [1.82, 2.24) is 9.97 Å². The van der Waals surface area contributed by atoms with Crippen molar-refractivity contribution in [3.8, 4) is 5.75 Å². The van der Waals surface area contributed by atoms with Crippen molar-refractivity contribution in [2.24, 2.45) is 0 Å². The molecule has 2 heterocycles. The number of benzene rings is 1. The van der Waals surface area contributed by atoms with E-state index in [1.165, 1.54) is 19.5 Å². The van der Waals surface area contributed by atoms with Crippen molar-refractivity contribution >= 4 is 17.4 Å². The van der Waals surface area contributed by atoms with E-state index in [9.17, 15) is 13.2 Å². The molecule has 4 nitrogen and oxygen atoms in total. The molecular weight excluding hydrogens is 331 g/mol. The minimum absolute atomic E-state index is 0.173. The highest BCUT2D eigenvalue weighted by molar-refractivity contribution is 6.31. The Morgan fingerprint density at radius 1 is 1.22 bits per heavy atom. The van der Waals surface area contributed by atoms with Gasteiger partial charge in [0.15, 0.2) is 16.7 Å². The van der Waals surface area contributed by atoms with E-state index >= 15 is 0 Å². The molecule has 0 atom stereocenters. The van der Waals surface area contributed by atoms with E-state index in [1.807, 2.05) is 4.90 Å². The molecule has 0 amide bonds. The highest BCUT2D eigenvalue weighted by Gasteiger charge is 2.32. The molecule has 3 rings (SSSR count). The molecule has 0 aliphatic carbocycles. The summed E-state index contributed by atoms with van der Waals surface area (Å²) < 4.78 is 43.9. The average molecular weight is 344 g/mol. The minimum Gasteiger partial charge on any atom is -0.490 e. The zero-order chi connectivity index (χ0) is 16.6. The van der Waals surface area contributed by atoms with Gasteiger partial charge in [-0.05, 0) is 29.7 Å². The number of ether oxygens (including phenoxy) is 1. The van der Waals surface area contributed by atoms with Crippen molar-refractivity contribution in [2.45, 2.75) is 19.1 Å². The maximum Gasteiger partial charge on any atom is 0.416 e. The number of anilines is 1. The number of halogens is 4. The fraction of sp³-hybridized carbons (Fsp3) is 0.333. The van der Waals surface area contributed by atoms with Gasteiger partial charge in [0.25, 0.3) is 0 Å². The third-order valence-corrected chi connectivity index (χ3v) is 4.06. The summed E-state index contributed by atoms with van der Waals surface area (Å²) in [5, 5.41) is 0.173. The SMILES string of the molecule is COc1c(Cl)ncnc1N1CCc2ccc(C(F)(F)F)cc2C1. The first-order valence-corrected chi connectivity index (χ1v) is 7.26. The van der Waals surface area contributed by atoms with Gasteiger partial charge in [0.1, 0.15) is 6.33 Å². The van der Waals surface area contributed by atoms with E-state index in [2.05, 4.69) is 9.97 Å². The predicted molar refractivity (Wildman–Crippen MR) is 79.8 cm³/mol. The summed E-state index contributed by atoms with van der Waals surface area (Å²) in [6.45, 7) is 0.922. The zero-order valence-electron chi connectivity index (χ0n) is 12.2. The third kappa shape index (κ3) is 3.06. The van der Waals surface area contributed by atoms with Gasteiger partial charge in [-0.3, -0.25) is 0 Å². The molecule has 1 aliphatic rings. The fourth-order valence-corrected chi connectivity index (χ4v) is 2.86. The van der Waals surface area contributed by atoms with E-state index in [4.69, 9.17) is 16.3 Å². The van der Waals surface area contributed by atoms with Crippen LogP contribution in [0.3, 0.4) is 0 Å². The second-order valence-corrected chi connectivity index (χ2v) is 5.53. The quantitative estimate of drug-likeness (QED) is 0.779. The molecule has 1 aliphatic heterocycles. The van der Waals surface area contributed by atoms with E-state index in [-0.39, 0.29) is 5.15 Å². The van der Waals surface area contributed by atoms with E-state index in [0.29, 0.717) is 36.6 Å². The Kier molecular flexibility index (Phi) is 4.06. The smallest absolute Gasteiger partial charge is 0.416 e. The van der Waals surface area contributed by atoms with Gasteiger partial charge in [-0.15, -0.1) is 0 Å². The van der Waals surface area contributed by atoms with Crippen LogP contribution in [0.4, 0.5) is 19.0 Å². The first kappa shape index (κ1) is 15.9. The summed E-state index contributed by atoms with van der Waals surface area (Å²) in [6, 6.07) is 3.85. The average Bonchev–Trinajstić information content (AvgIpc) is 2.52. The molecule has 0 radical (unpaired) electrons. The first-order chi connectivity index (χ1) is 10.9. The van der Waals surface area contributed by atoms with Gasteiger partial charge in [-0.2, -0.15) is 13.2 Å². The summed E-state index contributed by atoms with van der Waals surface area (Å²) in [7, 11) is 1.45. The lowest BCUT2D eigenvalue weighted by molar-refractivity contribution is -0.137. The monoisotopic (exact) mass is 343 g/mol. The van der Waals surface area contributed by atoms with Crippen LogP contribution in [0.5, 0.6) is 5.75 Å². The van der Waals surface area contributed by atoms with Crippen LogP contribution in [0.2, 0.25) is 5.15 Å². The van der Waals surface area contributed by atoms with E-state index in [0.717, 1.165) is 11.6 Å². The number of hydrogen-bond donors (Lipinski definition) is 0. The third-order valence-electron chi connectivity index (χ3n) is 3.79. The normalized spacial score (nSPS) is 14.6. The number of hydrogen-bond acceptors (Lipinski definition) is 4. The van der Waals surface area contributed by atoms with E-state index < -0.39 is 11.7 Å². The van der Waals surface area contributed by atoms with Crippen LogP contribution >= 0.6 is 11.6 Å². The van der Waals surface area contributed by atoms with Gasteiger partial charge in [0.05, 0.1) is 12.7 Å². The second-order valence-electron chi connectivity index (χ2n) is 5.17. The zero-order valence-corrected chi connectivity index (χ0v) is 12.9. The van der Waals surface area contributed by atoms with E-state index in [1.54, 1.807) is 6.07 Å². The van der Waals surface area contributed by atoms with Gasteiger partial charge in [0.2, 0.25) is 0 Å². The lowest BCUT2D eigenvalue weighted by Gasteiger charge is -2.31. The molecule has 23 heavy (non-hydrogen) atoms. The molecular formula is C15H13ClF3N3O. The van der Waals surface area contributed by atoms with Crippen molar-refractivity contribution < 1.29 is 17.9 Å². The molecule has 0 N–H and O–H groups in total. The molecule has 0 spiro atoms. The number of alkyl halides is 3. The molecule has 0 saturated heterocycles. The topological polar surface area (TPSA) is 38.3 Å². The summed E-state index contributed by atoms with van der Waals surface area (Å²) in [4.78, 5) is 9.85. The van der Waals surface area contributed by atoms with Crippen LogP contribution in [-0.2, 0) is 19.1 Å². The molecule has 0 unspecified atom stereocenters. The van der Waals surface area contributed by atoms with Crippen molar-refractivity contribution in [3.05, 3.63) is 46.4 Å². The molecule has 1 aromatic carbocycles. The molecule has 0 saturated carbocycles. The Morgan fingerprint density at radius 3 is 2.70 bits per heavy atom. The van der Waals surface area contributed by atoms with Gasteiger partial charge >= 0.3 is 6.18 Å². The molecule has 2 aromatic rings. The first-order valence-electron chi connectivity index (χ1n) is 6.88. The van der Waals surface area contributed by atoms with Crippen LogP contribution in [0.25, 0.3) is 0 Å². The fourth-order valence-electron chi connectivity index (χ4n) is 2.66. The second kappa shape index (κ2) is 5.88. The van der Waals surface area contributed by atoms with Gasteiger partial charge < -0.3 is 9.64 Å². The molecule has 0 fully saturated rings. The summed E-state index contributed by atoms with van der Waals surface area (Å²) in [6.07, 6.45) is -2.42. The highest BCUT2D eigenvalue weighted by atomic mass is 35.5. The maximum atomic E-state index is 12.9. The van der Waals surface area contributed by atoms with Crippen LogP contribution in [0, 0.1) is 0 Å². The maximum absolute atomic E-state index is 12.9. The van der Waals surface area contributed by atoms with Gasteiger partial charge in [-0.25, -0.2) is 9.97 Å². The van der Waals surface area contributed by atoms with Crippen LogP contribution in [-0.4, -0.2) is 23.6 Å². The van der Waals surface area contributed by atoms with Crippen LogP contribution in [0.1, 0.15) is 16.7 Å². The number of nitrogens with zero attached hydrogens (tertiary/aromatic N) is 3. The van der Waals surface area contributed by atoms with Gasteiger partial charge in [-0.1, -0.05) is 17.7 Å². The Hall–Kier alpha value is -2.02. The standard InChI is InChI=1S/C15H13ClF3N3O/c1-23-12-13(16)20-8-21-14(12)22-5-4-9-2-3-11(15(17,18)19)6-10(9)7-22/h2-3,6,8H,4-5,7H2,1H3. The molecule has 0 bridgehead atoms. The molecule has 8 heteroatoms.